The largest absolute Gasteiger partial charge is 0.497 e. The lowest BCUT2D eigenvalue weighted by Gasteiger charge is -2.30. The second-order valence-corrected chi connectivity index (χ2v) is 11.4. The second-order valence-electron chi connectivity index (χ2n) is 9.67. The molecule has 0 bridgehead atoms. The van der Waals surface area contributed by atoms with Crippen LogP contribution in [0.2, 0.25) is 0 Å². The van der Waals surface area contributed by atoms with E-state index < -0.39 is 10.0 Å². The summed E-state index contributed by atoms with van der Waals surface area (Å²) < 4.78 is 40.7. The fourth-order valence-electron chi connectivity index (χ4n) is 3.42. The summed E-state index contributed by atoms with van der Waals surface area (Å²) in [7, 11) is -0.635. The maximum absolute atomic E-state index is 13.5. The first kappa shape index (κ1) is 24.8. The van der Waals surface area contributed by atoms with Crippen LogP contribution in [0.4, 0.5) is 5.69 Å². The molecule has 170 valence electrons. The topological polar surface area (TPSA) is 64.6 Å². The van der Waals surface area contributed by atoms with Crippen molar-refractivity contribution in [2.45, 2.75) is 63.7 Å². The van der Waals surface area contributed by atoms with Gasteiger partial charge >= 0.3 is 0 Å². The molecule has 0 fully saturated rings. The van der Waals surface area contributed by atoms with Gasteiger partial charge in [-0.15, -0.1) is 6.58 Å². The highest BCUT2D eigenvalue weighted by Crippen LogP contribution is 2.41. The Morgan fingerprint density at radius 1 is 0.935 bits per heavy atom. The molecule has 0 saturated carbocycles. The standard InChI is InChI=1S/C25H35NO4S/c1-10-11-17-14-18(29-8)12-13-22(17)26-31(27,28)19-15-20(24(2,3)4)23(30-9)21(16-19)25(5,6)7/h10,12-16,26H,1,11H2,2-9H3. The Bertz CT molecular complexity index is 1020. The Balaban J connectivity index is 2.68. The van der Waals surface area contributed by atoms with E-state index in [2.05, 4.69) is 11.3 Å². The molecule has 0 aliphatic carbocycles. The molecule has 0 radical (unpaired) electrons. The molecular formula is C25H35NO4S. The van der Waals surface area contributed by atoms with Crippen molar-refractivity contribution in [3.8, 4) is 11.5 Å². The van der Waals surface area contributed by atoms with Crippen molar-refractivity contribution < 1.29 is 17.9 Å². The predicted octanol–water partition coefficient (Wildman–Crippen LogP) is 5.83. The number of anilines is 1. The number of nitrogens with one attached hydrogen (secondary N) is 1. The van der Waals surface area contributed by atoms with Gasteiger partial charge in [0.25, 0.3) is 10.0 Å². The fourth-order valence-corrected chi connectivity index (χ4v) is 4.57. The number of rotatable bonds is 7. The third kappa shape index (κ3) is 5.62. The Morgan fingerprint density at radius 3 is 1.90 bits per heavy atom. The molecular weight excluding hydrogens is 410 g/mol. The molecule has 0 saturated heterocycles. The van der Waals surface area contributed by atoms with Crippen LogP contribution in [0.15, 0.2) is 47.9 Å². The van der Waals surface area contributed by atoms with Gasteiger partial charge in [0.1, 0.15) is 11.5 Å². The summed E-state index contributed by atoms with van der Waals surface area (Å²) in [4.78, 5) is 0.212. The Labute approximate surface area is 187 Å². The summed E-state index contributed by atoms with van der Waals surface area (Å²) in [6.45, 7) is 16.1. The normalized spacial score (nSPS) is 12.4. The molecule has 31 heavy (non-hydrogen) atoms. The molecule has 0 atom stereocenters. The summed E-state index contributed by atoms with van der Waals surface area (Å²) >= 11 is 0. The Kier molecular flexibility index (Phi) is 7.16. The highest BCUT2D eigenvalue weighted by Gasteiger charge is 2.30. The van der Waals surface area contributed by atoms with E-state index in [1.54, 1.807) is 44.6 Å². The minimum atomic E-state index is -3.84. The zero-order valence-electron chi connectivity index (χ0n) is 19.9. The summed E-state index contributed by atoms with van der Waals surface area (Å²) in [5.74, 6) is 1.39. The summed E-state index contributed by atoms with van der Waals surface area (Å²) in [5.41, 5.74) is 2.40. The van der Waals surface area contributed by atoms with Gasteiger partial charge in [-0.05, 0) is 53.1 Å². The van der Waals surface area contributed by atoms with E-state index in [9.17, 15) is 8.42 Å². The monoisotopic (exact) mass is 445 g/mol. The van der Waals surface area contributed by atoms with E-state index in [1.165, 1.54) is 0 Å². The van der Waals surface area contributed by atoms with Crippen molar-refractivity contribution in [2.24, 2.45) is 0 Å². The van der Waals surface area contributed by atoms with E-state index in [0.717, 1.165) is 22.4 Å². The van der Waals surface area contributed by atoms with Crippen LogP contribution >= 0.6 is 0 Å². The Hall–Kier alpha value is -2.47. The van der Waals surface area contributed by atoms with Crippen molar-refractivity contribution >= 4 is 15.7 Å². The molecule has 6 heteroatoms. The molecule has 0 aromatic heterocycles. The van der Waals surface area contributed by atoms with Gasteiger partial charge in [-0.2, -0.15) is 0 Å². The van der Waals surface area contributed by atoms with Crippen molar-refractivity contribution in [3.05, 3.63) is 59.7 Å². The molecule has 5 nitrogen and oxygen atoms in total. The quantitative estimate of drug-likeness (QED) is 0.545. The first-order valence-corrected chi connectivity index (χ1v) is 11.8. The van der Waals surface area contributed by atoms with E-state index in [1.807, 2.05) is 47.6 Å². The van der Waals surface area contributed by atoms with Crippen LogP contribution in [0.1, 0.15) is 58.2 Å². The molecule has 0 aliphatic rings. The van der Waals surface area contributed by atoms with Crippen LogP contribution in [0, 0.1) is 0 Å². The predicted molar refractivity (Wildman–Crippen MR) is 128 cm³/mol. The van der Waals surface area contributed by atoms with Gasteiger partial charge in [0, 0.05) is 11.1 Å². The molecule has 0 heterocycles. The molecule has 0 aliphatic heterocycles. The van der Waals surface area contributed by atoms with Crippen molar-refractivity contribution in [2.75, 3.05) is 18.9 Å². The highest BCUT2D eigenvalue weighted by molar-refractivity contribution is 7.92. The first-order valence-electron chi connectivity index (χ1n) is 10.3. The lowest BCUT2D eigenvalue weighted by atomic mass is 9.79. The van der Waals surface area contributed by atoms with Gasteiger partial charge in [0.05, 0.1) is 24.8 Å². The number of benzene rings is 2. The molecule has 2 aromatic carbocycles. The van der Waals surface area contributed by atoms with Gasteiger partial charge in [-0.1, -0.05) is 47.6 Å². The summed E-state index contributed by atoms with van der Waals surface area (Å²) in [6.07, 6.45) is 2.24. The maximum atomic E-state index is 13.5. The van der Waals surface area contributed by atoms with Crippen LogP contribution in [0.25, 0.3) is 0 Å². The number of allylic oxidation sites excluding steroid dienone is 1. The zero-order chi connectivity index (χ0) is 23.6. The van der Waals surface area contributed by atoms with E-state index in [-0.39, 0.29) is 15.7 Å². The van der Waals surface area contributed by atoms with E-state index in [0.29, 0.717) is 17.9 Å². The van der Waals surface area contributed by atoms with Crippen LogP contribution in [-0.2, 0) is 27.3 Å². The average Bonchev–Trinajstić information content (AvgIpc) is 2.66. The number of methoxy groups -OCH3 is 2. The summed E-state index contributed by atoms with van der Waals surface area (Å²) in [5, 5.41) is 0. The maximum Gasteiger partial charge on any atom is 0.261 e. The fraction of sp³-hybridized carbons (Fsp3) is 0.440. The van der Waals surface area contributed by atoms with Crippen LogP contribution in [0.5, 0.6) is 11.5 Å². The van der Waals surface area contributed by atoms with Crippen molar-refractivity contribution in [3.63, 3.8) is 0 Å². The third-order valence-electron chi connectivity index (χ3n) is 5.11. The molecule has 0 unspecified atom stereocenters. The van der Waals surface area contributed by atoms with Gasteiger partial charge < -0.3 is 9.47 Å². The van der Waals surface area contributed by atoms with E-state index in [4.69, 9.17) is 9.47 Å². The summed E-state index contributed by atoms with van der Waals surface area (Å²) in [6, 6.07) is 8.70. The average molecular weight is 446 g/mol. The van der Waals surface area contributed by atoms with Gasteiger partial charge in [0.15, 0.2) is 0 Å². The molecule has 2 rings (SSSR count). The molecule has 0 spiro atoms. The van der Waals surface area contributed by atoms with Crippen molar-refractivity contribution in [1.29, 1.82) is 0 Å². The SMILES string of the molecule is C=CCc1cc(OC)ccc1NS(=O)(=O)c1cc(C(C)(C)C)c(OC)c(C(C)(C)C)c1. The third-order valence-corrected chi connectivity index (χ3v) is 6.46. The first-order chi connectivity index (χ1) is 14.2. The smallest absolute Gasteiger partial charge is 0.261 e. The zero-order valence-corrected chi connectivity index (χ0v) is 20.7. The number of sulfonamides is 1. The van der Waals surface area contributed by atoms with Crippen LogP contribution < -0.4 is 14.2 Å². The Morgan fingerprint density at radius 2 is 1.48 bits per heavy atom. The second kappa shape index (κ2) is 8.95. The number of ether oxygens (including phenoxy) is 2. The van der Waals surface area contributed by atoms with Crippen LogP contribution in [-0.4, -0.2) is 22.6 Å². The number of hydrogen-bond acceptors (Lipinski definition) is 4. The van der Waals surface area contributed by atoms with Gasteiger partial charge in [0.2, 0.25) is 0 Å². The minimum absolute atomic E-state index is 0.212. The van der Waals surface area contributed by atoms with E-state index >= 15 is 0 Å². The molecule has 0 amide bonds. The lowest BCUT2D eigenvalue weighted by Crippen LogP contribution is -2.22. The highest BCUT2D eigenvalue weighted by atomic mass is 32.2. The van der Waals surface area contributed by atoms with Gasteiger partial charge in [-0.25, -0.2) is 8.42 Å². The number of hydrogen-bond donors (Lipinski definition) is 1. The molecule has 2 aromatic rings. The van der Waals surface area contributed by atoms with Gasteiger partial charge in [-0.3, -0.25) is 4.72 Å². The minimum Gasteiger partial charge on any atom is -0.497 e. The molecule has 1 N–H and O–H groups in total. The lowest BCUT2D eigenvalue weighted by molar-refractivity contribution is 0.380. The van der Waals surface area contributed by atoms with Crippen molar-refractivity contribution in [1.82, 2.24) is 0 Å². The van der Waals surface area contributed by atoms with Crippen LogP contribution in [0.3, 0.4) is 0 Å².